The Balaban J connectivity index is 3.09. The highest BCUT2D eigenvalue weighted by Crippen LogP contribution is 2.19. The second kappa shape index (κ2) is 4.65. The summed E-state index contributed by atoms with van der Waals surface area (Å²) in [5.74, 6) is 0.572. The van der Waals surface area contributed by atoms with Gasteiger partial charge in [-0.3, -0.25) is 14.7 Å². The summed E-state index contributed by atoms with van der Waals surface area (Å²) in [5, 5.41) is 10.5. The van der Waals surface area contributed by atoms with Crippen LogP contribution in [0.2, 0.25) is 0 Å². The highest BCUT2D eigenvalue weighted by atomic mass is 32.1. The predicted octanol–water partition coefficient (Wildman–Crippen LogP) is 1.11. The number of nitro groups is 1. The number of hydrogen-bond donors (Lipinski definition) is 1. The highest BCUT2D eigenvalue weighted by Gasteiger charge is 2.19. The molecule has 6 nitrogen and oxygen atoms in total. The van der Waals surface area contributed by atoms with Gasteiger partial charge in [0.2, 0.25) is 0 Å². The third kappa shape index (κ3) is 3.06. The van der Waals surface area contributed by atoms with E-state index in [2.05, 4.69) is 17.6 Å². The molecule has 0 fully saturated rings. The Morgan fingerprint density at radius 2 is 2.25 bits per heavy atom. The third-order valence-electron chi connectivity index (χ3n) is 2.08. The zero-order valence-electron chi connectivity index (χ0n) is 9.08. The van der Waals surface area contributed by atoms with Crippen molar-refractivity contribution >= 4 is 18.3 Å². The van der Waals surface area contributed by atoms with Crippen molar-refractivity contribution < 1.29 is 4.92 Å². The minimum Gasteiger partial charge on any atom is -0.292 e. The van der Waals surface area contributed by atoms with Crippen LogP contribution >= 0.6 is 12.6 Å². The molecule has 1 aromatic heterocycles. The summed E-state index contributed by atoms with van der Waals surface area (Å²) < 4.78 is 1.24. The molecule has 1 aromatic rings. The van der Waals surface area contributed by atoms with Crippen molar-refractivity contribution in [2.45, 2.75) is 20.4 Å². The monoisotopic (exact) mass is 243 g/mol. The molecule has 88 valence electrons. The van der Waals surface area contributed by atoms with Gasteiger partial charge in [-0.2, -0.15) is 17.6 Å². The topological polar surface area (TPSA) is 78.0 Å². The van der Waals surface area contributed by atoms with E-state index in [4.69, 9.17) is 0 Å². The van der Waals surface area contributed by atoms with Crippen LogP contribution in [0.25, 0.3) is 0 Å². The molecular weight excluding hydrogens is 230 g/mol. The molecule has 0 aliphatic heterocycles. The van der Waals surface area contributed by atoms with Gasteiger partial charge in [0.15, 0.2) is 0 Å². The summed E-state index contributed by atoms with van der Waals surface area (Å²) in [7, 11) is 0. The second-order valence-electron chi connectivity index (χ2n) is 4.30. The maximum Gasteiger partial charge on any atom is 0.347 e. The molecular formula is C9H13N3O3S. The Morgan fingerprint density at radius 1 is 1.62 bits per heavy atom. The van der Waals surface area contributed by atoms with E-state index in [1.807, 2.05) is 13.8 Å². The zero-order valence-corrected chi connectivity index (χ0v) is 9.98. The Labute approximate surface area is 97.9 Å². The Hall–Kier alpha value is -1.37. The Morgan fingerprint density at radius 3 is 2.75 bits per heavy atom. The molecule has 0 N–H and O–H groups in total. The maximum atomic E-state index is 11.4. The highest BCUT2D eigenvalue weighted by molar-refractivity contribution is 7.80. The van der Waals surface area contributed by atoms with E-state index in [0.717, 1.165) is 6.20 Å². The summed E-state index contributed by atoms with van der Waals surface area (Å²) in [6.07, 6.45) is 2.17. The first-order valence-electron chi connectivity index (χ1n) is 4.67. The molecule has 0 atom stereocenters. The van der Waals surface area contributed by atoms with Crippen molar-refractivity contribution in [3.05, 3.63) is 33.0 Å². The summed E-state index contributed by atoms with van der Waals surface area (Å²) >= 11 is 4.16. The van der Waals surface area contributed by atoms with Gasteiger partial charge in [-0.25, -0.2) is 4.79 Å². The van der Waals surface area contributed by atoms with Crippen molar-refractivity contribution in [3.63, 3.8) is 0 Å². The molecule has 0 aliphatic carbocycles. The molecule has 16 heavy (non-hydrogen) atoms. The van der Waals surface area contributed by atoms with Gasteiger partial charge in [0.1, 0.15) is 6.20 Å². The fourth-order valence-corrected chi connectivity index (χ4v) is 1.26. The minimum absolute atomic E-state index is 0.186. The van der Waals surface area contributed by atoms with Gasteiger partial charge in [0, 0.05) is 6.54 Å². The van der Waals surface area contributed by atoms with E-state index in [1.165, 1.54) is 10.8 Å². The molecule has 0 radical (unpaired) electrons. The molecule has 1 heterocycles. The normalized spacial score (nSPS) is 11.4. The molecule has 0 spiro atoms. The first-order chi connectivity index (χ1) is 7.35. The third-order valence-corrected chi connectivity index (χ3v) is 2.93. The fourth-order valence-electron chi connectivity index (χ4n) is 1.16. The lowest BCUT2D eigenvalue weighted by atomic mass is 9.96. The summed E-state index contributed by atoms with van der Waals surface area (Å²) in [6.45, 7) is 4.20. The number of nitrogens with zero attached hydrogens (tertiary/aromatic N) is 3. The van der Waals surface area contributed by atoms with Gasteiger partial charge in [-0.05, 0) is 11.2 Å². The van der Waals surface area contributed by atoms with Crippen LogP contribution in [0.4, 0.5) is 5.69 Å². The van der Waals surface area contributed by atoms with Crippen LogP contribution in [-0.4, -0.2) is 20.2 Å². The molecule has 7 heteroatoms. The summed E-state index contributed by atoms with van der Waals surface area (Å²) in [4.78, 5) is 24.8. The van der Waals surface area contributed by atoms with Crippen molar-refractivity contribution in [1.82, 2.24) is 9.55 Å². The molecule has 0 aliphatic rings. The Bertz CT molecular complexity index is 456. The van der Waals surface area contributed by atoms with Gasteiger partial charge in [-0.15, -0.1) is 0 Å². The van der Waals surface area contributed by atoms with Crippen molar-refractivity contribution in [1.29, 1.82) is 0 Å². The molecule has 0 aromatic carbocycles. The first-order valence-corrected chi connectivity index (χ1v) is 5.31. The van der Waals surface area contributed by atoms with Gasteiger partial charge in [0.05, 0.1) is 11.1 Å². The Kier molecular flexibility index (Phi) is 3.69. The molecule has 0 bridgehead atoms. The minimum atomic E-state index is -0.573. The van der Waals surface area contributed by atoms with Gasteiger partial charge in [-0.1, -0.05) is 13.8 Å². The van der Waals surface area contributed by atoms with E-state index in [1.54, 1.807) is 0 Å². The molecule has 0 saturated heterocycles. The van der Waals surface area contributed by atoms with Gasteiger partial charge in [0.25, 0.3) is 0 Å². The maximum absolute atomic E-state index is 11.4. The quantitative estimate of drug-likeness (QED) is 0.488. The van der Waals surface area contributed by atoms with E-state index < -0.39 is 10.6 Å². The zero-order chi connectivity index (χ0) is 12.3. The largest absolute Gasteiger partial charge is 0.347 e. The van der Waals surface area contributed by atoms with Gasteiger partial charge >= 0.3 is 11.4 Å². The molecule has 0 saturated carbocycles. The van der Waals surface area contributed by atoms with E-state index in [0.29, 0.717) is 12.3 Å². The summed E-state index contributed by atoms with van der Waals surface area (Å²) in [6, 6.07) is 0. The van der Waals surface area contributed by atoms with Crippen LogP contribution in [0.15, 0.2) is 17.2 Å². The average Bonchev–Trinajstić information content (AvgIpc) is 2.21. The first kappa shape index (κ1) is 12.7. The average molecular weight is 243 g/mol. The lowest BCUT2D eigenvalue weighted by molar-refractivity contribution is -0.385. The van der Waals surface area contributed by atoms with E-state index in [-0.39, 0.29) is 11.1 Å². The van der Waals surface area contributed by atoms with Crippen LogP contribution < -0.4 is 5.69 Å². The number of aromatic nitrogens is 2. The van der Waals surface area contributed by atoms with Crippen molar-refractivity contribution in [2.24, 2.45) is 5.41 Å². The SMILES string of the molecule is CC(C)(CS)Cn1cc([N+](=O)[O-])cnc1=O. The number of hydrogen-bond acceptors (Lipinski definition) is 5. The number of rotatable bonds is 4. The lowest BCUT2D eigenvalue weighted by Gasteiger charge is -2.22. The van der Waals surface area contributed by atoms with Crippen LogP contribution in [0.5, 0.6) is 0 Å². The van der Waals surface area contributed by atoms with Crippen molar-refractivity contribution in [3.8, 4) is 0 Å². The predicted molar refractivity (Wildman–Crippen MR) is 62.8 cm³/mol. The number of thiol groups is 1. The second-order valence-corrected chi connectivity index (χ2v) is 4.62. The van der Waals surface area contributed by atoms with Crippen LogP contribution in [0, 0.1) is 15.5 Å². The smallest absolute Gasteiger partial charge is 0.292 e. The fraction of sp³-hybridized carbons (Fsp3) is 0.556. The standard InChI is InChI=1S/C9H13N3O3S/c1-9(2,6-16)5-11-4-7(12(14)15)3-10-8(11)13/h3-4,16H,5-6H2,1-2H3. The molecule has 0 amide bonds. The van der Waals surface area contributed by atoms with E-state index in [9.17, 15) is 14.9 Å². The van der Waals surface area contributed by atoms with Crippen LogP contribution in [0.3, 0.4) is 0 Å². The molecule has 1 rings (SSSR count). The lowest BCUT2D eigenvalue weighted by Crippen LogP contribution is -2.30. The van der Waals surface area contributed by atoms with E-state index >= 15 is 0 Å². The van der Waals surface area contributed by atoms with Crippen LogP contribution in [-0.2, 0) is 6.54 Å². The van der Waals surface area contributed by atoms with Crippen LogP contribution in [0.1, 0.15) is 13.8 Å². The van der Waals surface area contributed by atoms with Gasteiger partial charge < -0.3 is 0 Å². The van der Waals surface area contributed by atoms with Crippen molar-refractivity contribution in [2.75, 3.05) is 5.75 Å². The molecule has 0 unspecified atom stereocenters. The summed E-state index contributed by atoms with van der Waals surface area (Å²) in [5.41, 5.74) is -0.890.